The predicted octanol–water partition coefficient (Wildman–Crippen LogP) is 3.42. The number of H-pyrrole nitrogens is 1. The molecule has 0 saturated carbocycles. The van der Waals surface area contributed by atoms with E-state index in [9.17, 15) is 0 Å². The van der Waals surface area contributed by atoms with E-state index in [1.54, 1.807) is 0 Å². The topological polar surface area (TPSA) is 87.7 Å². The second kappa shape index (κ2) is 10.3. The molecule has 0 spiro atoms. The van der Waals surface area contributed by atoms with Crippen molar-refractivity contribution in [3.8, 4) is 22.9 Å². The molecule has 1 aliphatic rings. The van der Waals surface area contributed by atoms with E-state index in [-0.39, 0.29) is 30.8 Å². The van der Waals surface area contributed by atoms with Crippen molar-refractivity contribution in [2.75, 3.05) is 20.4 Å². The Hall–Kier alpha value is -2.82. The van der Waals surface area contributed by atoms with Crippen LogP contribution in [-0.2, 0) is 13.1 Å². The third kappa shape index (κ3) is 5.21. The third-order valence-corrected chi connectivity index (χ3v) is 4.58. The number of halogens is 1. The average Bonchev–Trinajstić information content (AvgIpc) is 3.43. The minimum atomic E-state index is 0. The molecule has 0 amide bonds. The van der Waals surface area contributed by atoms with Crippen molar-refractivity contribution in [1.82, 2.24) is 25.4 Å². The van der Waals surface area contributed by atoms with Crippen molar-refractivity contribution in [3.05, 3.63) is 59.9 Å². The molecule has 2 heterocycles. The number of aromatic amines is 1. The van der Waals surface area contributed by atoms with E-state index in [1.807, 2.05) is 31.3 Å². The predicted molar refractivity (Wildman–Crippen MR) is 126 cm³/mol. The molecule has 0 radical (unpaired) electrons. The van der Waals surface area contributed by atoms with Gasteiger partial charge in [0.2, 0.25) is 6.79 Å². The van der Waals surface area contributed by atoms with Crippen LogP contribution >= 0.6 is 24.0 Å². The molecule has 1 aromatic heterocycles. The molecule has 3 aromatic rings. The SMILES string of the molecule is CCNC(=NCc1cccc(-c2ncn[nH]2)c1)N(C)Cc1ccc2c(c1)OCO2.I. The lowest BCUT2D eigenvalue weighted by molar-refractivity contribution is 0.174. The molecule has 0 saturated heterocycles. The van der Waals surface area contributed by atoms with Crippen LogP contribution in [0.5, 0.6) is 11.5 Å². The minimum absolute atomic E-state index is 0. The number of benzene rings is 2. The summed E-state index contributed by atoms with van der Waals surface area (Å²) < 4.78 is 10.9. The highest BCUT2D eigenvalue weighted by Crippen LogP contribution is 2.32. The first-order chi connectivity index (χ1) is 14.2. The van der Waals surface area contributed by atoms with Crippen LogP contribution in [0.15, 0.2) is 53.8 Å². The van der Waals surface area contributed by atoms with Crippen LogP contribution in [0.25, 0.3) is 11.4 Å². The smallest absolute Gasteiger partial charge is 0.231 e. The number of hydrogen-bond acceptors (Lipinski definition) is 5. The highest BCUT2D eigenvalue weighted by Gasteiger charge is 2.14. The monoisotopic (exact) mass is 520 g/mol. The number of nitrogens with one attached hydrogen (secondary N) is 2. The summed E-state index contributed by atoms with van der Waals surface area (Å²) in [5.41, 5.74) is 3.23. The molecule has 158 valence electrons. The van der Waals surface area contributed by atoms with Gasteiger partial charge in [-0.15, -0.1) is 24.0 Å². The van der Waals surface area contributed by atoms with Gasteiger partial charge in [0.25, 0.3) is 0 Å². The minimum Gasteiger partial charge on any atom is -0.454 e. The molecular formula is C21H25IN6O2. The molecule has 9 heteroatoms. The van der Waals surface area contributed by atoms with Gasteiger partial charge in [-0.25, -0.2) is 9.98 Å². The van der Waals surface area contributed by atoms with Gasteiger partial charge in [-0.3, -0.25) is 5.10 Å². The molecule has 0 aliphatic carbocycles. The summed E-state index contributed by atoms with van der Waals surface area (Å²) in [7, 11) is 2.02. The van der Waals surface area contributed by atoms with Crippen molar-refractivity contribution in [2.24, 2.45) is 4.99 Å². The van der Waals surface area contributed by atoms with Crippen LogP contribution in [0, 0.1) is 0 Å². The van der Waals surface area contributed by atoms with Crippen LogP contribution in [0.1, 0.15) is 18.1 Å². The van der Waals surface area contributed by atoms with Crippen LogP contribution in [-0.4, -0.2) is 46.4 Å². The maximum atomic E-state index is 5.48. The summed E-state index contributed by atoms with van der Waals surface area (Å²) in [6.07, 6.45) is 1.51. The van der Waals surface area contributed by atoms with Gasteiger partial charge in [0.15, 0.2) is 23.3 Å². The van der Waals surface area contributed by atoms with Gasteiger partial charge in [-0.05, 0) is 36.2 Å². The molecule has 1 aliphatic heterocycles. The number of guanidine groups is 1. The van der Waals surface area contributed by atoms with Crippen LogP contribution < -0.4 is 14.8 Å². The van der Waals surface area contributed by atoms with Gasteiger partial charge < -0.3 is 19.7 Å². The van der Waals surface area contributed by atoms with E-state index in [0.717, 1.165) is 46.5 Å². The lowest BCUT2D eigenvalue weighted by Crippen LogP contribution is -2.38. The lowest BCUT2D eigenvalue weighted by atomic mass is 10.1. The zero-order valence-corrected chi connectivity index (χ0v) is 19.3. The van der Waals surface area contributed by atoms with Gasteiger partial charge in [0.05, 0.1) is 6.54 Å². The normalized spacial score (nSPS) is 12.4. The number of hydrogen-bond donors (Lipinski definition) is 2. The number of nitrogens with zero attached hydrogens (tertiary/aromatic N) is 4. The standard InChI is InChI=1S/C21H24N6O2.HI/c1-3-22-21(27(2)12-16-7-8-18-19(10-16)29-14-28-18)23-11-15-5-4-6-17(9-15)20-24-13-25-26-20;/h4-10,13H,3,11-12,14H2,1-2H3,(H,22,23)(H,24,25,26);1H. The van der Waals surface area contributed by atoms with Crippen molar-refractivity contribution >= 4 is 29.9 Å². The largest absolute Gasteiger partial charge is 0.454 e. The van der Waals surface area contributed by atoms with E-state index in [1.165, 1.54) is 6.33 Å². The third-order valence-electron chi connectivity index (χ3n) is 4.58. The van der Waals surface area contributed by atoms with Crippen LogP contribution in [0.3, 0.4) is 0 Å². The Morgan fingerprint density at radius 1 is 1.17 bits per heavy atom. The Morgan fingerprint density at radius 3 is 2.83 bits per heavy atom. The maximum Gasteiger partial charge on any atom is 0.231 e. The Balaban J connectivity index is 0.00000256. The summed E-state index contributed by atoms with van der Waals surface area (Å²) in [5.74, 6) is 3.18. The van der Waals surface area contributed by atoms with Gasteiger partial charge >= 0.3 is 0 Å². The van der Waals surface area contributed by atoms with Gasteiger partial charge in [0, 0.05) is 25.7 Å². The highest BCUT2D eigenvalue weighted by molar-refractivity contribution is 14.0. The fourth-order valence-electron chi connectivity index (χ4n) is 3.19. The number of aliphatic imine (C=N–C) groups is 1. The van der Waals surface area contributed by atoms with Crippen molar-refractivity contribution in [2.45, 2.75) is 20.0 Å². The zero-order chi connectivity index (χ0) is 20.1. The first kappa shape index (κ1) is 21.9. The Kier molecular flexibility index (Phi) is 7.50. The summed E-state index contributed by atoms with van der Waals surface area (Å²) >= 11 is 0. The summed E-state index contributed by atoms with van der Waals surface area (Å²) in [5, 5.41) is 10.2. The maximum absolute atomic E-state index is 5.48. The molecule has 4 rings (SSSR count). The fraction of sp³-hybridized carbons (Fsp3) is 0.286. The average molecular weight is 520 g/mol. The summed E-state index contributed by atoms with van der Waals surface area (Å²) in [4.78, 5) is 11.1. The van der Waals surface area contributed by atoms with E-state index in [4.69, 9.17) is 14.5 Å². The molecular weight excluding hydrogens is 495 g/mol. The Labute approximate surface area is 192 Å². The number of rotatable bonds is 6. The second-order valence-electron chi connectivity index (χ2n) is 6.75. The van der Waals surface area contributed by atoms with Gasteiger partial charge in [-0.2, -0.15) is 5.10 Å². The number of aromatic nitrogens is 3. The molecule has 0 fully saturated rings. The van der Waals surface area contributed by atoms with E-state index >= 15 is 0 Å². The van der Waals surface area contributed by atoms with Gasteiger partial charge in [0.1, 0.15) is 6.33 Å². The quantitative estimate of drug-likeness (QED) is 0.294. The van der Waals surface area contributed by atoms with Crippen LogP contribution in [0.4, 0.5) is 0 Å². The van der Waals surface area contributed by atoms with Gasteiger partial charge in [-0.1, -0.05) is 24.3 Å². The summed E-state index contributed by atoms with van der Waals surface area (Å²) in [6, 6.07) is 14.2. The first-order valence-corrected chi connectivity index (χ1v) is 9.55. The van der Waals surface area contributed by atoms with E-state index in [2.05, 4.69) is 50.5 Å². The molecule has 30 heavy (non-hydrogen) atoms. The molecule has 2 aromatic carbocycles. The van der Waals surface area contributed by atoms with Crippen molar-refractivity contribution in [1.29, 1.82) is 0 Å². The molecule has 0 unspecified atom stereocenters. The Bertz CT molecular complexity index is 993. The molecule has 2 N–H and O–H groups in total. The van der Waals surface area contributed by atoms with E-state index < -0.39 is 0 Å². The molecule has 0 bridgehead atoms. The highest BCUT2D eigenvalue weighted by atomic mass is 127. The summed E-state index contributed by atoms with van der Waals surface area (Å²) in [6.45, 7) is 4.42. The number of fused-ring (bicyclic) bond motifs is 1. The van der Waals surface area contributed by atoms with Crippen molar-refractivity contribution in [3.63, 3.8) is 0 Å². The second-order valence-corrected chi connectivity index (χ2v) is 6.75. The number of ether oxygens (including phenoxy) is 2. The Morgan fingerprint density at radius 2 is 2.03 bits per heavy atom. The molecule has 8 nitrogen and oxygen atoms in total. The fourth-order valence-corrected chi connectivity index (χ4v) is 3.19. The van der Waals surface area contributed by atoms with Crippen molar-refractivity contribution < 1.29 is 9.47 Å². The van der Waals surface area contributed by atoms with Crippen LogP contribution in [0.2, 0.25) is 0 Å². The first-order valence-electron chi connectivity index (χ1n) is 9.55. The molecule has 0 atom stereocenters. The van der Waals surface area contributed by atoms with E-state index in [0.29, 0.717) is 13.1 Å². The zero-order valence-electron chi connectivity index (χ0n) is 17.0. The lowest BCUT2D eigenvalue weighted by Gasteiger charge is -2.22.